The molecule has 8 heteroatoms. The smallest absolute Gasteiger partial charge is 0.225 e. The maximum Gasteiger partial charge on any atom is 0.225 e. The Kier molecular flexibility index (Phi) is 5.09. The van der Waals surface area contributed by atoms with Crippen molar-refractivity contribution in [2.45, 2.75) is 56.6 Å². The molecule has 1 aromatic heterocycles. The van der Waals surface area contributed by atoms with Gasteiger partial charge in [0.2, 0.25) is 5.79 Å². The third-order valence-electron chi connectivity index (χ3n) is 6.34. The highest BCUT2D eigenvalue weighted by Gasteiger charge is 2.58. The predicted octanol–water partition coefficient (Wildman–Crippen LogP) is 1.14. The summed E-state index contributed by atoms with van der Waals surface area (Å²) in [7, 11) is 0. The van der Waals surface area contributed by atoms with Crippen molar-refractivity contribution in [3.63, 3.8) is 0 Å². The Morgan fingerprint density at radius 3 is 2.52 bits per heavy atom. The van der Waals surface area contributed by atoms with E-state index in [0.717, 1.165) is 28.6 Å². The third kappa shape index (κ3) is 3.18. The lowest BCUT2D eigenvalue weighted by Gasteiger charge is -2.46. The summed E-state index contributed by atoms with van der Waals surface area (Å²) in [6.07, 6.45) is -4.06. The van der Waals surface area contributed by atoms with E-state index < -0.39 is 36.8 Å². The minimum absolute atomic E-state index is 0.123. The minimum atomic E-state index is -1.69. The maximum atomic E-state index is 10.8. The van der Waals surface area contributed by atoms with Crippen molar-refractivity contribution in [2.24, 2.45) is 0 Å². The molecule has 5 rings (SSSR count). The highest BCUT2D eigenvalue weighted by Crippen LogP contribution is 2.47. The van der Waals surface area contributed by atoms with Crippen LogP contribution in [-0.4, -0.2) is 56.6 Å². The number of aliphatic hydroxyl groups excluding tert-OH is 4. The molecule has 4 N–H and O–H groups in total. The van der Waals surface area contributed by atoms with Crippen molar-refractivity contribution in [2.75, 3.05) is 6.61 Å². The van der Waals surface area contributed by atoms with Crippen LogP contribution in [0.2, 0.25) is 0 Å². The van der Waals surface area contributed by atoms with E-state index in [-0.39, 0.29) is 6.61 Å². The average molecular weight is 427 g/mol. The number of hydrogen-bond donors (Lipinski definition) is 4. The number of benzene rings is 2. The summed E-state index contributed by atoms with van der Waals surface area (Å²) in [4.78, 5) is 0. The van der Waals surface area contributed by atoms with Crippen LogP contribution in [0.15, 0.2) is 40.9 Å². The standard InChI is InChI=1S/C23H25NO7/c1-2-12-3-5-13(6-4-12)7-17-15-9-16-14(8-18(15)31-24-17)11-29-23(16)22(28)21(27)20(26)19(10-25)30-23/h3-6,8-9,19-22,25-28H,2,7,10-11H2,1H3/t19-,20-,21+,22-,23+/m1/s1. The van der Waals surface area contributed by atoms with Crippen LogP contribution in [0.3, 0.4) is 0 Å². The Hall–Kier alpha value is -2.33. The summed E-state index contributed by atoms with van der Waals surface area (Å²) >= 11 is 0. The van der Waals surface area contributed by atoms with Gasteiger partial charge in [0.1, 0.15) is 24.4 Å². The van der Waals surface area contributed by atoms with Gasteiger partial charge >= 0.3 is 0 Å². The van der Waals surface area contributed by atoms with Gasteiger partial charge in [-0.15, -0.1) is 0 Å². The first-order valence-corrected chi connectivity index (χ1v) is 10.4. The van der Waals surface area contributed by atoms with Gasteiger partial charge in [-0.2, -0.15) is 0 Å². The zero-order valence-corrected chi connectivity index (χ0v) is 17.1. The lowest BCUT2D eigenvalue weighted by atomic mass is 9.87. The van der Waals surface area contributed by atoms with E-state index in [9.17, 15) is 20.4 Å². The molecule has 0 aliphatic carbocycles. The zero-order chi connectivity index (χ0) is 21.8. The summed E-state index contributed by atoms with van der Waals surface area (Å²) in [5.74, 6) is -1.69. The molecule has 0 bridgehead atoms. The second-order valence-electron chi connectivity index (χ2n) is 8.20. The number of aryl methyl sites for hydroxylation is 1. The molecule has 2 aromatic carbocycles. The molecule has 164 valence electrons. The molecule has 3 aromatic rings. The highest BCUT2D eigenvalue weighted by molar-refractivity contribution is 5.82. The maximum absolute atomic E-state index is 10.8. The zero-order valence-electron chi connectivity index (χ0n) is 17.1. The molecule has 3 heterocycles. The molecule has 31 heavy (non-hydrogen) atoms. The highest BCUT2D eigenvalue weighted by atomic mass is 16.7. The Labute approximate surface area is 178 Å². The Morgan fingerprint density at radius 2 is 1.81 bits per heavy atom. The number of rotatable bonds is 4. The van der Waals surface area contributed by atoms with Crippen molar-refractivity contribution in [3.8, 4) is 0 Å². The number of hydrogen-bond acceptors (Lipinski definition) is 8. The van der Waals surface area contributed by atoms with Crippen molar-refractivity contribution < 1.29 is 34.4 Å². The van der Waals surface area contributed by atoms with E-state index in [4.69, 9.17) is 14.0 Å². The first kappa shape index (κ1) is 20.6. The summed E-state index contributed by atoms with van der Waals surface area (Å²) in [6, 6.07) is 11.9. The van der Waals surface area contributed by atoms with Gasteiger partial charge in [0, 0.05) is 17.4 Å². The van der Waals surface area contributed by atoms with Crippen LogP contribution in [0.25, 0.3) is 11.0 Å². The fourth-order valence-electron chi connectivity index (χ4n) is 4.48. The number of aliphatic hydroxyl groups is 4. The second-order valence-corrected chi connectivity index (χ2v) is 8.20. The topological polar surface area (TPSA) is 125 Å². The molecule has 0 saturated carbocycles. The predicted molar refractivity (Wildman–Crippen MR) is 109 cm³/mol. The van der Waals surface area contributed by atoms with Crippen molar-refractivity contribution in [3.05, 3.63) is 64.3 Å². The summed E-state index contributed by atoms with van der Waals surface area (Å²) < 4.78 is 17.2. The summed E-state index contributed by atoms with van der Waals surface area (Å²) in [5, 5.41) is 45.8. The average Bonchev–Trinajstić information content (AvgIpc) is 3.35. The fraction of sp³-hybridized carbons (Fsp3) is 0.435. The molecular formula is C23H25NO7. The van der Waals surface area contributed by atoms with E-state index in [2.05, 4.69) is 36.3 Å². The Morgan fingerprint density at radius 1 is 1.06 bits per heavy atom. The minimum Gasteiger partial charge on any atom is -0.394 e. The molecule has 1 fully saturated rings. The second kappa shape index (κ2) is 7.67. The van der Waals surface area contributed by atoms with Crippen LogP contribution >= 0.6 is 0 Å². The van der Waals surface area contributed by atoms with E-state index in [1.54, 1.807) is 12.1 Å². The third-order valence-corrected chi connectivity index (χ3v) is 6.34. The first-order valence-electron chi connectivity index (χ1n) is 10.4. The quantitative estimate of drug-likeness (QED) is 0.489. The lowest BCUT2D eigenvalue weighted by molar-refractivity contribution is -0.368. The van der Waals surface area contributed by atoms with Crippen LogP contribution in [0, 0.1) is 0 Å². The number of aromatic nitrogens is 1. The van der Waals surface area contributed by atoms with Crippen LogP contribution in [0.1, 0.15) is 34.9 Å². The molecule has 1 spiro atoms. The van der Waals surface area contributed by atoms with Gasteiger partial charge in [-0.1, -0.05) is 36.3 Å². The van der Waals surface area contributed by atoms with Crippen LogP contribution in [-0.2, 0) is 34.7 Å². The molecule has 0 unspecified atom stereocenters. The largest absolute Gasteiger partial charge is 0.394 e. The van der Waals surface area contributed by atoms with Crippen LogP contribution in [0.5, 0.6) is 0 Å². The van der Waals surface area contributed by atoms with Gasteiger partial charge in [0.05, 0.1) is 18.9 Å². The lowest BCUT2D eigenvalue weighted by Crippen LogP contribution is -2.63. The van der Waals surface area contributed by atoms with Gasteiger partial charge in [-0.05, 0) is 35.2 Å². The Bertz CT molecular complexity index is 1090. The van der Waals surface area contributed by atoms with Gasteiger partial charge in [-0.3, -0.25) is 0 Å². The Balaban J connectivity index is 1.55. The molecule has 8 nitrogen and oxygen atoms in total. The van der Waals surface area contributed by atoms with Crippen molar-refractivity contribution in [1.29, 1.82) is 0 Å². The van der Waals surface area contributed by atoms with E-state index in [1.807, 2.05) is 0 Å². The van der Waals surface area contributed by atoms with E-state index in [0.29, 0.717) is 17.6 Å². The van der Waals surface area contributed by atoms with Gasteiger partial charge in [0.15, 0.2) is 5.58 Å². The van der Waals surface area contributed by atoms with Gasteiger partial charge in [-0.25, -0.2) is 0 Å². The molecule has 5 atom stereocenters. The summed E-state index contributed by atoms with van der Waals surface area (Å²) in [5.41, 5.74) is 4.92. The molecule has 2 aliphatic rings. The van der Waals surface area contributed by atoms with Crippen molar-refractivity contribution in [1.82, 2.24) is 5.16 Å². The molecule has 0 radical (unpaired) electrons. The first-order chi connectivity index (χ1) is 15.0. The number of ether oxygens (including phenoxy) is 2. The van der Waals surface area contributed by atoms with Crippen LogP contribution in [0.4, 0.5) is 0 Å². The van der Waals surface area contributed by atoms with E-state index >= 15 is 0 Å². The number of fused-ring (bicyclic) bond motifs is 3. The monoisotopic (exact) mass is 427 g/mol. The molecule has 0 amide bonds. The summed E-state index contributed by atoms with van der Waals surface area (Å²) in [6.45, 7) is 1.70. The van der Waals surface area contributed by atoms with E-state index in [1.165, 1.54) is 5.56 Å². The number of nitrogens with zero attached hydrogens (tertiary/aromatic N) is 1. The van der Waals surface area contributed by atoms with Crippen LogP contribution < -0.4 is 0 Å². The van der Waals surface area contributed by atoms with Crippen molar-refractivity contribution >= 4 is 11.0 Å². The molecular weight excluding hydrogens is 402 g/mol. The van der Waals surface area contributed by atoms with Gasteiger partial charge in [0.25, 0.3) is 0 Å². The molecule has 2 aliphatic heterocycles. The molecule has 1 saturated heterocycles. The normalized spacial score (nSPS) is 30.2. The fourth-order valence-corrected chi connectivity index (χ4v) is 4.48. The van der Waals surface area contributed by atoms with Gasteiger partial charge < -0.3 is 34.4 Å². The SMILES string of the molecule is CCc1ccc(Cc2noc3cc4c(cc23)[C@]2(OC4)O[C@H](CO)[C@@H](O)[C@H](O)[C@H]2O)cc1.